The average molecular weight is 482 g/mol. The van der Waals surface area contributed by atoms with Gasteiger partial charge in [-0.1, -0.05) is 41.9 Å². The fraction of sp³-hybridized carbons (Fsp3) is 0.542. The third-order valence-corrected chi connectivity index (χ3v) is 5.08. The number of rotatable bonds is 10. The number of aryl methyl sites for hydroxylation is 1. The van der Waals surface area contributed by atoms with Crippen LogP contribution in [0.25, 0.3) is 0 Å². The van der Waals surface area contributed by atoms with Crippen LogP contribution in [0.2, 0.25) is 0 Å². The number of hydrogen-bond acceptors (Lipinski definition) is 5. The van der Waals surface area contributed by atoms with Crippen LogP contribution < -0.4 is 10.1 Å². The summed E-state index contributed by atoms with van der Waals surface area (Å²) in [6, 6.07) is 5.89. The van der Waals surface area contributed by atoms with E-state index >= 15 is 0 Å². The third kappa shape index (κ3) is 9.02. The van der Waals surface area contributed by atoms with Crippen molar-refractivity contribution in [2.75, 3.05) is 27.3 Å². The van der Waals surface area contributed by atoms with Crippen molar-refractivity contribution in [3.05, 3.63) is 52.2 Å². The monoisotopic (exact) mass is 481 g/mol. The smallest absolute Gasteiger partial charge is 0.178 e. The van der Waals surface area contributed by atoms with Crippen molar-refractivity contribution < 1.29 is 19.0 Å². The fourth-order valence-electron chi connectivity index (χ4n) is 2.95. The molecule has 0 amide bonds. The van der Waals surface area contributed by atoms with Gasteiger partial charge in [-0.3, -0.25) is 4.79 Å². The molecule has 0 radical (unpaired) electrons. The number of ether oxygens (including phenoxy) is 3. The second kappa shape index (κ2) is 14.4. The first-order valence-corrected chi connectivity index (χ1v) is 11.3. The minimum Gasteiger partial charge on any atom is -0.483 e. The highest BCUT2D eigenvalue weighted by Gasteiger charge is 2.26. The standard InChI is InChI=1S/C20H25BrO4.C4H11N/c1-13-11-16(21)9-10-17(13)25-19-8-6-5-7-18(19)24-15(3)20(22)14(2)12-23-4;1-3-4-5-2/h5-7,9-11,14-15,19H,8,12H2,1-4H3;5H,3-4H2,1-2H3. The Kier molecular flexibility index (Phi) is 12.7. The van der Waals surface area contributed by atoms with Crippen LogP contribution in [-0.4, -0.2) is 45.3 Å². The molecule has 0 aliphatic heterocycles. The van der Waals surface area contributed by atoms with E-state index in [2.05, 4.69) is 28.2 Å². The summed E-state index contributed by atoms with van der Waals surface area (Å²) < 4.78 is 18.2. The van der Waals surface area contributed by atoms with E-state index in [4.69, 9.17) is 14.2 Å². The Morgan fingerprint density at radius 2 is 2.07 bits per heavy atom. The number of halogens is 1. The van der Waals surface area contributed by atoms with E-state index in [-0.39, 0.29) is 17.8 Å². The molecule has 0 saturated heterocycles. The van der Waals surface area contributed by atoms with Crippen molar-refractivity contribution in [3.63, 3.8) is 0 Å². The van der Waals surface area contributed by atoms with Gasteiger partial charge < -0.3 is 19.5 Å². The van der Waals surface area contributed by atoms with Crippen LogP contribution in [0.1, 0.15) is 39.2 Å². The van der Waals surface area contributed by atoms with Gasteiger partial charge in [0.15, 0.2) is 18.0 Å². The molecule has 2 rings (SSSR count). The molecule has 0 fully saturated rings. The zero-order valence-corrected chi connectivity index (χ0v) is 20.6. The summed E-state index contributed by atoms with van der Waals surface area (Å²) in [4.78, 5) is 12.4. The summed E-state index contributed by atoms with van der Waals surface area (Å²) in [5.74, 6) is 1.31. The molecule has 3 atom stereocenters. The number of ketones is 1. The molecule has 0 aromatic heterocycles. The quantitative estimate of drug-likeness (QED) is 0.496. The van der Waals surface area contributed by atoms with Gasteiger partial charge >= 0.3 is 0 Å². The minimum absolute atomic E-state index is 0.0240. The molecule has 0 spiro atoms. The molecule has 6 heteroatoms. The minimum atomic E-state index is -0.542. The number of carbonyl (C=O) groups is 1. The lowest BCUT2D eigenvalue weighted by Crippen LogP contribution is -2.32. The van der Waals surface area contributed by atoms with Crippen LogP contribution >= 0.6 is 15.9 Å². The van der Waals surface area contributed by atoms with Gasteiger partial charge in [0.2, 0.25) is 0 Å². The maximum absolute atomic E-state index is 12.4. The molecule has 5 nitrogen and oxygen atoms in total. The number of hydrogen-bond donors (Lipinski definition) is 1. The number of allylic oxidation sites excluding steroid dienone is 2. The molecule has 1 N–H and O–H groups in total. The highest BCUT2D eigenvalue weighted by molar-refractivity contribution is 9.10. The molecule has 3 unspecified atom stereocenters. The molecule has 168 valence electrons. The van der Waals surface area contributed by atoms with Crippen molar-refractivity contribution in [3.8, 4) is 5.75 Å². The summed E-state index contributed by atoms with van der Waals surface area (Å²) in [6.45, 7) is 9.30. The Morgan fingerprint density at radius 1 is 1.33 bits per heavy atom. The van der Waals surface area contributed by atoms with E-state index in [1.807, 2.05) is 57.3 Å². The van der Waals surface area contributed by atoms with E-state index in [0.29, 0.717) is 18.8 Å². The van der Waals surface area contributed by atoms with Crippen molar-refractivity contribution in [1.29, 1.82) is 0 Å². The number of nitrogens with one attached hydrogen (secondary N) is 1. The first-order valence-electron chi connectivity index (χ1n) is 10.5. The predicted molar refractivity (Wildman–Crippen MR) is 126 cm³/mol. The molecule has 0 heterocycles. The van der Waals surface area contributed by atoms with Crippen LogP contribution in [0.15, 0.2) is 46.7 Å². The Morgan fingerprint density at radius 3 is 2.63 bits per heavy atom. The Labute approximate surface area is 190 Å². The van der Waals surface area contributed by atoms with Gasteiger partial charge in [-0.05, 0) is 63.7 Å². The number of Topliss-reactive ketones (excluding diaryl/α,β-unsaturated/α-hetero) is 1. The van der Waals surface area contributed by atoms with Gasteiger partial charge in [-0.15, -0.1) is 0 Å². The molecule has 1 aliphatic carbocycles. The second-order valence-corrected chi connectivity index (χ2v) is 8.29. The van der Waals surface area contributed by atoms with Crippen molar-refractivity contribution in [2.45, 2.75) is 52.7 Å². The lowest BCUT2D eigenvalue weighted by Gasteiger charge is -2.27. The molecule has 30 heavy (non-hydrogen) atoms. The van der Waals surface area contributed by atoms with E-state index in [1.54, 1.807) is 14.0 Å². The van der Waals surface area contributed by atoms with Crippen molar-refractivity contribution >= 4 is 21.7 Å². The van der Waals surface area contributed by atoms with Crippen LogP contribution in [-0.2, 0) is 14.3 Å². The molecule has 0 bridgehead atoms. The topological polar surface area (TPSA) is 56.8 Å². The van der Waals surface area contributed by atoms with Gasteiger partial charge in [0.05, 0.1) is 6.61 Å². The average Bonchev–Trinajstić information content (AvgIpc) is 2.72. The lowest BCUT2D eigenvalue weighted by atomic mass is 10.0. The maximum Gasteiger partial charge on any atom is 0.178 e. The predicted octanol–water partition coefficient (Wildman–Crippen LogP) is 5.22. The first kappa shape index (κ1) is 26.4. The SMILES string of the molecule is CCCNC.COCC(C)C(=O)C(C)OC1=CC=CCC1Oc1ccc(Br)cc1C. The van der Waals surface area contributed by atoms with E-state index in [9.17, 15) is 4.79 Å². The lowest BCUT2D eigenvalue weighted by molar-refractivity contribution is -0.133. The van der Waals surface area contributed by atoms with Crippen molar-refractivity contribution in [2.24, 2.45) is 5.92 Å². The molecule has 1 aliphatic rings. The van der Waals surface area contributed by atoms with Gasteiger partial charge in [-0.2, -0.15) is 0 Å². The molecule has 0 saturated carbocycles. The number of carbonyl (C=O) groups excluding carboxylic acids is 1. The van der Waals surface area contributed by atoms with Crippen molar-refractivity contribution in [1.82, 2.24) is 5.32 Å². The zero-order valence-electron chi connectivity index (χ0n) is 19.0. The fourth-order valence-corrected chi connectivity index (χ4v) is 3.43. The first-order chi connectivity index (χ1) is 14.3. The van der Waals surface area contributed by atoms with E-state index in [1.165, 1.54) is 6.42 Å². The number of methoxy groups -OCH3 is 1. The molecule has 1 aromatic carbocycles. The Hall–Kier alpha value is -1.63. The van der Waals surface area contributed by atoms with E-state index < -0.39 is 6.10 Å². The Balaban J connectivity index is 0.000000804. The highest BCUT2D eigenvalue weighted by atomic mass is 79.9. The van der Waals surface area contributed by atoms with Gasteiger partial charge in [0.1, 0.15) is 11.5 Å². The summed E-state index contributed by atoms with van der Waals surface area (Å²) in [7, 11) is 3.55. The summed E-state index contributed by atoms with van der Waals surface area (Å²) in [5.41, 5.74) is 1.04. The van der Waals surface area contributed by atoms with Crippen LogP contribution in [0, 0.1) is 12.8 Å². The highest BCUT2D eigenvalue weighted by Crippen LogP contribution is 2.28. The van der Waals surface area contributed by atoms with Crippen LogP contribution in [0.5, 0.6) is 5.75 Å². The number of benzene rings is 1. The van der Waals surface area contributed by atoms with E-state index in [0.717, 1.165) is 22.3 Å². The van der Waals surface area contributed by atoms with Gasteiger partial charge in [-0.25, -0.2) is 0 Å². The molecular formula is C24H36BrNO4. The second-order valence-electron chi connectivity index (χ2n) is 7.37. The maximum atomic E-state index is 12.4. The summed E-state index contributed by atoms with van der Waals surface area (Å²) in [6.07, 6.45) is 6.99. The summed E-state index contributed by atoms with van der Waals surface area (Å²) in [5, 5.41) is 3.02. The van der Waals surface area contributed by atoms with Crippen LogP contribution in [0.3, 0.4) is 0 Å². The normalized spacial score (nSPS) is 17.3. The molecular weight excluding hydrogens is 446 g/mol. The Bertz CT molecular complexity index is 715. The largest absolute Gasteiger partial charge is 0.483 e. The third-order valence-electron chi connectivity index (χ3n) is 4.59. The molecule has 1 aromatic rings. The zero-order chi connectivity index (χ0) is 22.5. The van der Waals surface area contributed by atoms with Gasteiger partial charge in [0.25, 0.3) is 0 Å². The summed E-state index contributed by atoms with van der Waals surface area (Å²) >= 11 is 3.46. The van der Waals surface area contributed by atoms with Crippen LogP contribution in [0.4, 0.5) is 0 Å². The van der Waals surface area contributed by atoms with Gasteiger partial charge in [0, 0.05) is 23.9 Å².